The van der Waals surface area contributed by atoms with Crippen molar-refractivity contribution in [2.24, 2.45) is 0 Å². The molecule has 0 amide bonds. The lowest BCUT2D eigenvalue weighted by atomic mass is 10.1. The molecule has 0 saturated heterocycles. The molecule has 1 rings (SSSR count). The zero-order valence-corrected chi connectivity index (χ0v) is 10.8. The molecule has 0 fully saturated rings. The second-order valence-electron chi connectivity index (χ2n) is 3.54. The van der Waals surface area contributed by atoms with Crippen LogP contribution in [-0.2, 0) is 20.7 Å². The fourth-order valence-electron chi connectivity index (χ4n) is 1.39. The van der Waals surface area contributed by atoms with Gasteiger partial charge in [-0.05, 0) is 19.4 Å². The summed E-state index contributed by atoms with van der Waals surface area (Å²) in [6.07, 6.45) is 0.864. The van der Waals surface area contributed by atoms with E-state index in [1.807, 2.05) is 0 Å². The van der Waals surface area contributed by atoms with E-state index in [0.29, 0.717) is 0 Å². The van der Waals surface area contributed by atoms with Gasteiger partial charge in [0.25, 0.3) is 5.69 Å². The fourth-order valence-corrected chi connectivity index (χ4v) is 1.57. The minimum absolute atomic E-state index is 0.0240. The molecule has 1 heterocycles. The molecule has 0 spiro atoms. The molecule has 0 saturated carbocycles. The molecule has 7 nitrogen and oxygen atoms in total. The minimum Gasteiger partial charge on any atom is -0.460 e. The van der Waals surface area contributed by atoms with E-state index in [-0.39, 0.29) is 35.9 Å². The summed E-state index contributed by atoms with van der Waals surface area (Å²) in [7, 11) is 0. The van der Waals surface area contributed by atoms with E-state index in [1.54, 1.807) is 6.92 Å². The van der Waals surface area contributed by atoms with Crippen molar-refractivity contribution < 1.29 is 19.2 Å². The van der Waals surface area contributed by atoms with E-state index in [1.165, 1.54) is 6.07 Å². The van der Waals surface area contributed by atoms with Crippen LogP contribution in [0, 0.1) is 10.1 Å². The molecule has 0 N–H and O–H groups in total. The van der Waals surface area contributed by atoms with Crippen molar-refractivity contribution in [3.05, 3.63) is 33.1 Å². The Morgan fingerprint density at radius 2 is 2.21 bits per heavy atom. The van der Waals surface area contributed by atoms with Gasteiger partial charge in [-0.1, -0.05) is 11.6 Å². The number of ether oxygens (including phenoxy) is 1. The molecule has 8 heteroatoms. The van der Waals surface area contributed by atoms with Crippen molar-refractivity contribution in [3.8, 4) is 0 Å². The lowest BCUT2D eigenvalue weighted by Crippen LogP contribution is -2.18. The van der Waals surface area contributed by atoms with Gasteiger partial charge in [-0.25, -0.2) is 9.78 Å². The second kappa shape index (κ2) is 6.79. The van der Waals surface area contributed by atoms with E-state index in [0.717, 1.165) is 6.20 Å². The lowest BCUT2D eigenvalue weighted by molar-refractivity contribution is -0.385. The Bertz CT molecular complexity index is 518. The van der Waals surface area contributed by atoms with Crippen LogP contribution in [0.3, 0.4) is 0 Å². The summed E-state index contributed by atoms with van der Waals surface area (Å²) in [5.41, 5.74) is 0.0173. The molecule has 102 valence electrons. The topological polar surface area (TPSA) is 99.4 Å². The van der Waals surface area contributed by atoms with Gasteiger partial charge in [-0.3, -0.25) is 14.9 Å². The molecule has 0 bridgehead atoms. The van der Waals surface area contributed by atoms with Gasteiger partial charge in [0.2, 0.25) is 5.78 Å². The number of ketones is 1. The van der Waals surface area contributed by atoms with Crippen LogP contribution in [0.2, 0.25) is 5.15 Å². The summed E-state index contributed by atoms with van der Waals surface area (Å²) in [6, 6.07) is 1.30. The van der Waals surface area contributed by atoms with Crippen LogP contribution in [0.4, 0.5) is 5.69 Å². The Morgan fingerprint density at radius 3 is 2.79 bits per heavy atom. The van der Waals surface area contributed by atoms with Gasteiger partial charge in [0.1, 0.15) is 11.3 Å². The highest BCUT2D eigenvalue weighted by Gasteiger charge is 2.19. The van der Waals surface area contributed by atoms with Crippen LogP contribution in [0.1, 0.15) is 18.9 Å². The SMILES string of the molecule is CCOC(=O)C(=O)CCc1cc(Cl)ncc1[N+](=O)[O-]. The number of carbonyl (C=O) groups excluding carboxylic acids is 2. The molecule has 0 aliphatic heterocycles. The van der Waals surface area contributed by atoms with E-state index in [2.05, 4.69) is 9.72 Å². The number of rotatable bonds is 6. The van der Waals surface area contributed by atoms with E-state index in [4.69, 9.17) is 11.6 Å². The zero-order chi connectivity index (χ0) is 14.4. The number of pyridine rings is 1. The zero-order valence-electron chi connectivity index (χ0n) is 10.1. The molecule has 0 aliphatic rings. The molecule has 0 radical (unpaired) electrons. The Labute approximate surface area is 113 Å². The molecular formula is C11H11ClN2O5. The summed E-state index contributed by atoms with van der Waals surface area (Å²) in [5.74, 6) is -1.67. The summed E-state index contributed by atoms with van der Waals surface area (Å²) in [6.45, 7) is 1.68. The van der Waals surface area contributed by atoms with Crippen LogP contribution in [0.15, 0.2) is 12.3 Å². The van der Waals surface area contributed by atoms with E-state index < -0.39 is 16.7 Å². The maximum atomic E-state index is 11.4. The second-order valence-corrected chi connectivity index (χ2v) is 3.92. The minimum atomic E-state index is -0.940. The summed E-state index contributed by atoms with van der Waals surface area (Å²) >= 11 is 5.64. The molecule has 0 atom stereocenters. The molecule has 1 aromatic heterocycles. The Hall–Kier alpha value is -2.02. The largest absolute Gasteiger partial charge is 0.460 e. The predicted molar refractivity (Wildman–Crippen MR) is 65.9 cm³/mol. The average Bonchev–Trinajstić information content (AvgIpc) is 2.35. The highest BCUT2D eigenvalue weighted by molar-refractivity contribution is 6.33. The third-order valence-corrected chi connectivity index (χ3v) is 2.46. The summed E-state index contributed by atoms with van der Waals surface area (Å²) in [5, 5.41) is 10.8. The Kier molecular flexibility index (Phi) is 5.37. The van der Waals surface area contributed by atoms with Crippen molar-refractivity contribution in [2.75, 3.05) is 6.61 Å². The summed E-state index contributed by atoms with van der Waals surface area (Å²) < 4.78 is 4.53. The predicted octanol–water partition coefficient (Wildman–Crippen LogP) is 1.71. The molecule has 0 unspecified atom stereocenters. The van der Waals surface area contributed by atoms with E-state index in [9.17, 15) is 19.7 Å². The smallest absolute Gasteiger partial charge is 0.374 e. The lowest BCUT2D eigenvalue weighted by Gasteiger charge is -2.03. The number of aryl methyl sites for hydroxylation is 1. The van der Waals surface area contributed by atoms with Crippen LogP contribution >= 0.6 is 11.6 Å². The van der Waals surface area contributed by atoms with Crippen LogP contribution < -0.4 is 0 Å². The van der Waals surface area contributed by atoms with Gasteiger partial charge in [0.15, 0.2) is 0 Å². The maximum Gasteiger partial charge on any atom is 0.374 e. The molecule has 0 aliphatic carbocycles. The molecule has 0 aromatic carbocycles. The number of aromatic nitrogens is 1. The van der Waals surface area contributed by atoms with Crippen LogP contribution in [0.25, 0.3) is 0 Å². The summed E-state index contributed by atoms with van der Waals surface area (Å²) in [4.78, 5) is 36.2. The van der Waals surface area contributed by atoms with Crippen molar-refractivity contribution in [3.63, 3.8) is 0 Å². The van der Waals surface area contributed by atoms with Gasteiger partial charge >= 0.3 is 5.97 Å². The van der Waals surface area contributed by atoms with Gasteiger partial charge in [0.05, 0.1) is 11.5 Å². The van der Waals surface area contributed by atoms with Crippen molar-refractivity contribution in [1.82, 2.24) is 4.98 Å². The highest BCUT2D eigenvalue weighted by atomic mass is 35.5. The quantitative estimate of drug-likeness (QED) is 0.259. The molecule has 1 aromatic rings. The van der Waals surface area contributed by atoms with Gasteiger partial charge in [-0.2, -0.15) is 0 Å². The normalized spacial score (nSPS) is 10.0. The van der Waals surface area contributed by atoms with Gasteiger partial charge < -0.3 is 4.74 Å². The first-order chi connectivity index (χ1) is 8.95. The van der Waals surface area contributed by atoms with Crippen molar-refractivity contribution in [2.45, 2.75) is 19.8 Å². The number of hydrogen-bond donors (Lipinski definition) is 0. The van der Waals surface area contributed by atoms with E-state index >= 15 is 0 Å². The van der Waals surface area contributed by atoms with Crippen molar-refractivity contribution >= 4 is 29.0 Å². The van der Waals surface area contributed by atoms with Crippen LogP contribution in [0.5, 0.6) is 0 Å². The third-order valence-electron chi connectivity index (χ3n) is 2.25. The first-order valence-electron chi connectivity index (χ1n) is 5.44. The number of Topliss-reactive ketones (excluding diaryl/α,β-unsaturated/α-hetero) is 1. The fraction of sp³-hybridized carbons (Fsp3) is 0.364. The number of halogens is 1. The Balaban J connectivity index is 2.77. The third kappa shape index (κ3) is 4.29. The number of nitro groups is 1. The highest BCUT2D eigenvalue weighted by Crippen LogP contribution is 2.21. The first-order valence-corrected chi connectivity index (χ1v) is 5.82. The number of esters is 1. The number of hydrogen-bond acceptors (Lipinski definition) is 6. The standard InChI is InChI=1S/C11H11ClN2O5/c1-2-19-11(16)9(15)4-3-7-5-10(12)13-6-8(7)14(17)18/h5-6H,2-4H2,1H3. The average molecular weight is 287 g/mol. The first kappa shape index (κ1) is 15.0. The molecular weight excluding hydrogens is 276 g/mol. The van der Waals surface area contributed by atoms with Gasteiger partial charge in [0, 0.05) is 12.0 Å². The maximum absolute atomic E-state index is 11.4. The Morgan fingerprint density at radius 1 is 1.53 bits per heavy atom. The van der Waals surface area contributed by atoms with Crippen LogP contribution in [-0.4, -0.2) is 28.3 Å². The number of carbonyl (C=O) groups is 2. The van der Waals surface area contributed by atoms with Crippen molar-refractivity contribution in [1.29, 1.82) is 0 Å². The van der Waals surface area contributed by atoms with Gasteiger partial charge in [-0.15, -0.1) is 0 Å². The monoisotopic (exact) mass is 286 g/mol. The number of nitrogens with zero attached hydrogens (tertiary/aromatic N) is 2. The molecule has 19 heavy (non-hydrogen) atoms.